The molecule has 28 heavy (non-hydrogen) atoms. The largest absolute Gasteiger partial charge is 0.368 e. The van der Waals surface area contributed by atoms with E-state index in [9.17, 15) is 14.0 Å². The predicted octanol–water partition coefficient (Wildman–Crippen LogP) is 1.72. The molecule has 7 heteroatoms. The van der Waals surface area contributed by atoms with Crippen LogP contribution in [0.15, 0.2) is 48.5 Å². The lowest BCUT2D eigenvalue weighted by atomic mass is 9.92. The minimum atomic E-state index is -0.695. The van der Waals surface area contributed by atoms with Gasteiger partial charge in [0.25, 0.3) is 0 Å². The number of carbonyl (C=O) groups excluding carboxylic acids is 2. The van der Waals surface area contributed by atoms with Gasteiger partial charge in [0.15, 0.2) is 0 Å². The van der Waals surface area contributed by atoms with Crippen molar-refractivity contribution in [3.05, 3.63) is 71.0 Å². The van der Waals surface area contributed by atoms with Gasteiger partial charge >= 0.3 is 0 Å². The smallest absolute Gasteiger partial charge is 0.240 e. The van der Waals surface area contributed by atoms with Gasteiger partial charge in [-0.05, 0) is 29.2 Å². The third kappa shape index (κ3) is 4.55. The molecule has 0 saturated heterocycles. The summed E-state index contributed by atoms with van der Waals surface area (Å²) in [5.41, 5.74) is 10.8. The summed E-state index contributed by atoms with van der Waals surface area (Å²) in [7, 11) is 1.45. The van der Waals surface area contributed by atoms with Crippen LogP contribution in [0.25, 0.3) is 0 Å². The number of hydroxylamine groups is 1. The van der Waals surface area contributed by atoms with Crippen LogP contribution in [-0.2, 0) is 33.8 Å². The van der Waals surface area contributed by atoms with Crippen LogP contribution < -0.4 is 11.2 Å². The van der Waals surface area contributed by atoms with E-state index in [0.717, 1.165) is 11.1 Å². The van der Waals surface area contributed by atoms with Crippen molar-refractivity contribution in [2.75, 3.05) is 7.11 Å². The van der Waals surface area contributed by atoms with E-state index in [1.165, 1.54) is 18.1 Å². The lowest BCUT2D eigenvalue weighted by Crippen LogP contribution is -2.52. The molecule has 0 aliphatic carbocycles. The quantitative estimate of drug-likeness (QED) is 0.711. The summed E-state index contributed by atoms with van der Waals surface area (Å²) in [6.07, 6.45) is 0.721. The van der Waals surface area contributed by atoms with Gasteiger partial charge in [0.1, 0.15) is 11.9 Å². The minimum absolute atomic E-state index is 0.0497. The second kappa shape index (κ2) is 8.95. The molecule has 0 saturated carbocycles. The Morgan fingerprint density at radius 1 is 1.21 bits per heavy atom. The Balaban J connectivity index is 1.76. The van der Waals surface area contributed by atoms with E-state index >= 15 is 0 Å². The van der Waals surface area contributed by atoms with Gasteiger partial charge in [-0.25, -0.2) is 4.39 Å². The third-order valence-electron chi connectivity index (χ3n) is 5.03. The topological polar surface area (TPSA) is 84.7 Å². The Labute approximate surface area is 163 Å². The summed E-state index contributed by atoms with van der Waals surface area (Å²) in [6, 6.07) is 13.0. The van der Waals surface area contributed by atoms with Crippen LogP contribution in [0.3, 0.4) is 0 Å². The molecule has 3 rings (SSSR count). The molecular formula is C21H24FN3O3. The molecule has 2 aromatic rings. The Morgan fingerprint density at radius 2 is 1.89 bits per heavy atom. The van der Waals surface area contributed by atoms with Gasteiger partial charge in [-0.1, -0.05) is 42.5 Å². The summed E-state index contributed by atoms with van der Waals surface area (Å²) in [6.45, 7) is 0.321. The van der Waals surface area contributed by atoms with E-state index in [1.807, 2.05) is 24.3 Å². The van der Waals surface area contributed by atoms with Crippen molar-refractivity contribution in [3.63, 3.8) is 0 Å². The molecule has 0 aromatic heterocycles. The number of rotatable bonds is 7. The standard InChI is InChI=1S/C21H24FN3O3/c1-28-24-17(10-15-7-4-5-9-18(15)22)12-20(26)25-13-16-8-3-2-6-14(16)11-19(25)21(23)27/h2-9,17,19,24H,10-13H2,1H3,(H2,23,27). The highest BCUT2D eigenvalue weighted by molar-refractivity contribution is 5.87. The molecule has 3 N–H and O–H groups in total. The van der Waals surface area contributed by atoms with Gasteiger partial charge in [0.05, 0.1) is 7.11 Å². The van der Waals surface area contributed by atoms with Crippen LogP contribution in [0, 0.1) is 5.82 Å². The predicted molar refractivity (Wildman–Crippen MR) is 102 cm³/mol. The Morgan fingerprint density at radius 3 is 2.57 bits per heavy atom. The SMILES string of the molecule is CONC(CC(=O)N1Cc2ccccc2CC1C(N)=O)Cc1ccccc1F. The zero-order chi connectivity index (χ0) is 20.1. The van der Waals surface area contributed by atoms with Gasteiger partial charge in [0, 0.05) is 25.4 Å². The Kier molecular flexibility index (Phi) is 6.38. The van der Waals surface area contributed by atoms with Crippen LogP contribution in [-0.4, -0.2) is 35.9 Å². The lowest BCUT2D eigenvalue weighted by molar-refractivity contribution is -0.141. The zero-order valence-corrected chi connectivity index (χ0v) is 15.7. The van der Waals surface area contributed by atoms with Crippen molar-refractivity contribution in [2.24, 2.45) is 5.73 Å². The van der Waals surface area contributed by atoms with Gasteiger partial charge in [-0.3, -0.25) is 9.59 Å². The molecular weight excluding hydrogens is 361 g/mol. The number of amides is 2. The van der Waals surface area contributed by atoms with Crippen molar-refractivity contribution in [2.45, 2.75) is 37.9 Å². The molecule has 2 amide bonds. The molecule has 0 spiro atoms. The first-order chi connectivity index (χ1) is 13.5. The average molecular weight is 385 g/mol. The molecule has 148 valence electrons. The lowest BCUT2D eigenvalue weighted by Gasteiger charge is -2.36. The number of primary amides is 1. The molecule has 0 fully saturated rings. The van der Waals surface area contributed by atoms with E-state index in [4.69, 9.17) is 10.6 Å². The maximum absolute atomic E-state index is 14.0. The molecule has 6 nitrogen and oxygen atoms in total. The summed E-state index contributed by atoms with van der Waals surface area (Å²) in [5, 5.41) is 0. The van der Waals surface area contributed by atoms with Crippen LogP contribution in [0.4, 0.5) is 4.39 Å². The van der Waals surface area contributed by atoms with Gasteiger partial charge in [-0.15, -0.1) is 0 Å². The van der Waals surface area contributed by atoms with Gasteiger partial charge in [0.2, 0.25) is 11.8 Å². The fourth-order valence-corrected chi connectivity index (χ4v) is 3.62. The highest BCUT2D eigenvalue weighted by atomic mass is 19.1. The van der Waals surface area contributed by atoms with E-state index < -0.39 is 18.0 Å². The van der Waals surface area contributed by atoms with Crippen molar-refractivity contribution >= 4 is 11.8 Å². The highest BCUT2D eigenvalue weighted by Crippen LogP contribution is 2.24. The molecule has 2 atom stereocenters. The molecule has 1 heterocycles. The number of carbonyl (C=O) groups is 2. The van der Waals surface area contributed by atoms with Crippen molar-refractivity contribution in [1.82, 2.24) is 10.4 Å². The molecule has 2 aromatic carbocycles. The second-order valence-corrected chi connectivity index (χ2v) is 6.93. The van der Waals surface area contributed by atoms with Gasteiger partial charge < -0.3 is 15.5 Å². The van der Waals surface area contributed by atoms with Crippen LogP contribution in [0.1, 0.15) is 23.1 Å². The number of halogens is 1. The summed E-state index contributed by atoms with van der Waals surface area (Å²) < 4.78 is 14.0. The van der Waals surface area contributed by atoms with E-state index in [0.29, 0.717) is 18.5 Å². The first-order valence-corrected chi connectivity index (χ1v) is 9.17. The fourth-order valence-electron chi connectivity index (χ4n) is 3.62. The first-order valence-electron chi connectivity index (χ1n) is 9.17. The maximum atomic E-state index is 14.0. The maximum Gasteiger partial charge on any atom is 0.240 e. The summed E-state index contributed by atoms with van der Waals surface area (Å²) in [4.78, 5) is 31.5. The number of hydrogen-bond donors (Lipinski definition) is 2. The summed E-state index contributed by atoms with van der Waals surface area (Å²) in [5.74, 6) is -1.10. The van der Waals surface area contributed by atoms with Crippen LogP contribution >= 0.6 is 0 Å². The molecule has 1 aliphatic rings. The number of nitrogens with two attached hydrogens (primary N) is 1. The van der Waals surface area contributed by atoms with Crippen molar-refractivity contribution < 1.29 is 18.8 Å². The molecule has 0 bridgehead atoms. The molecule has 2 unspecified atom stereocenters. The second-order valence-electron chi connectivity index (χ2n) is 6.93. The van der Waals surface area contributed by atoms with Crippen molar-refractivity contribution in [3.8, 4) is 0 Å². The van der Waals surface area contributed by atoms with Gasteiger partial charge in [-0.2, -0.15) is 5.48 Å². The Bertz CT molecular complexity index is 858. The van der Waals surface area contributed by atoms with E-state index in [-0.39, 0.29) is 24.6 Å². The number of fused-ring (bicyclic) bond motifs is 1. The van der Waals surface area contributed by atoms with Crippen LogP contribution in [0.2, 0.25) is 0 Å². The fraction of sp³-hybridized carbons (Fsp3) is 0.333. The third-order valence-corrected chi connectivity index (χ3v) is 5.03. The van der Waals surface area contributed by atoms with Crippen molar-refractivity contribution in [1.29, 1.82) is 0 Å². The summed E-state index contributed by atoms with van der Waals surface area (Å²) >= 11 is 0. The first kappa shape index (κ1) is 20.0. The molecule has 0 radical (unpaired) electrons. The number of nitrogens with zero attached hydrogens (tertiary/aromatic N) is 1. The zero-order valence-electron chi connectivity index (χ0n) is 15.7. The number of hydrogen-bond acceptors (Lipinski definition) is 4. The molecule has 1 aliphatic heterocycles. The number of benzene rings is 2. The van der Waals surface area contributed by atoms with E-state index in [2.05, 4.69) is 5.48 Å². The minimum Gasteiger partial charge on any atom is -0.368 e. The highest BCUT2D eigenvalue weighted by Gasteiger charge is 2.34. The van der Waals surface area contributed by atoms with E-state index in [1.54, 1.807) is 18.2 Å². The monoisotopic (exact) mass is 385 g/mol. The Hall–Kier alpha value is -2.77. The number of nitrogens with one attached hydrogen (secondary N) is 1. The normalized spacial score (nSPS) is 17.1. The van der Waals surface area contributed by atoms with Crippen LogP contribution in [0.5, 0.6) is 0 Å². The average Bonchev–Trinajstić information content (AvgIpc) is 2.68.